The highest BCUT2D eigenvalue weighted by Crippen LogP contribution is 2.27. The predicted octanol–water partition coefficient (Wildman–Crippen LogP) is 1.94. The Labute approximate surface area is 101 Å². The molecule has 4 heteroatoms. The van der Waals surface area contributed by atoms with Crippen LogP contribution in [0.2, 0.25) is 0 Å². The molecular weight excluding hydrogens is 212 g/mol. The van der Waals surface area contributed by atoms with Crippen LogP contribution in [0.3, 0.4) is 0 Å². The summed E-state index contributed by atoms with van der Waals surface area (Å²) >= 11 is 0. The van der Waals surface area contributed by atoms with Crippen LogP contribution < -0.4 is 5.32 Å². The van der Waals surface area contributed by atoms with Gasteiger partial charge in [-0.1, -0.05) is 6.92 Å². The third kappa shape index (κ3) is 2.65. The number of aromatic nitrogens is 3. The number of nitrogens with zero attached hydrogens (tertiary/aromatic N) is 3. The van der Waals surface area contributed by atoms with Crippen molar-refractivity contribution in [3.8, 4) is 0 Å². The van der Waals surface area contributed by atoms with Crippen molar-refractivity contribution in [2.24, 2.45) is 0 Å². The van der Waals surface area contributed by atoms with Gasteiger partial charge in [0.2, 0.25) is 0 Å². The lowest BCUT2D eigenvalue weighted by atomic mass is 9.93. The van der Waals surface area contributed by atoms with Crippen LogP contribution in [0.15, 0.2) is 43.0 Å². The normalized spacial score (nSPS) is 14.2. The first-order valence-electron chi connectivity index (χ1n) is 5.67. The average molecular weight is 228 g/mol. The zero-order valence-electron chi connectivity index (χ0n) is 10.0. The van der Waals surface area contributed by atoms with Crippen LogP contribution in [0.4, 0.5) is 0 Å². The molecule has 0 aliphatic carbocycles. The molecule has 2 heterocycles. The second kappa shape index (κ2) is 5.50. The van der Waals surface area contributed by atoms with Crippen molar-refractivity contribution in [1.29, 1.82) is 0 Å². The maximum atomic E-state index is 4.31. The third-order valence-corrected chi connectivity index (χ3v) is 2.91. The lowest BCUT2D eigenvalue weighted by molar-refractivity contribution is 0.482. The van der Waals surface area contributed by atoms with Crippen molar-refractivity contribution in [1.82, 2.24) is 20.3 Å². The Morgan fingerprint density at radius 1 is 1.06 bits per heavy atom. The van der Waals surface area contributed by atoms with Gasteiger partial charge in [-0.3, -0.25) is 4.98 Å². The number of nitrogens with one attached hydrogen (secondary N) is 1. The molecule has 0 aromatic carbocycles. The number of hydrogen-bond donors (Lipinski definition) is 1. The van der Waals surface area contributed by atoms with Crippen LogP contribution in [0.5, 0.6) is 0 Å². The second-order valence-corrected chi connectivity index (χ2v) is 3.94. The highest BCUT2D eigenvalue weighted by molar-refractivity contribution is 5.19. The van der Waals surface area contributed by atoms with Gasteiger partial charge in [0, 0.05) is 30.7 Å². The largest absolute Gasteiger partial charge is 0.310 e. The summed E-state index contributed by atoms with van der Waals surface area (Å²) in [4.78, 5) is 12.6. The number of pyridine rings is 1. The molecule has 0 fully saturated rings. The van der Waals surface area contributed by atoms with Crippen molar-refractivity contribution in [2.75, 3.05) is 7.05 Å². The van der Waals surface area contributed by atoms with Gasteiger partial charge >= 0.3 is 0 Å². The molecule has 0 aliphatic rings. The molecule has 0 radical (unpaired) electrons. The maximum Gasteiger partial charge on any atom is 0.145 e. The van der Waals surface area contributed by atoms with Crippen LogP contribution in [0.1, 0.15) is 30.3 Å². The molecule has 2 rings (SSSR count). The summed E-state index contributed by atoms with van der Waals surface area (Å²) in [6, 6.07) is 5.99. The minimum absolute atomic E-state index is 0.110. The van der Waals surface area contributed by atoms with Gasteiger partial charge in [-0.25, -0.2) is 9.97 Å². The summed E-state index contributed by atoms with van der Waals surface area (Å²) in [7, 11) is 1.93. The third-order valence-electron chi connectivity index (χ3n) is 2.91. The van der Waals surface area contributed by atoms with Crippen molar-refractivity contribution in [3.05, 3.63) is 54.4 Å². The standard InChI is InChI=1S/C13H16N4/c1-10(11-4-8-15-9-5-11)12(14-2)13-16-6-3-7-17-13/h3-10,12,14H,1-2H3. The predicted molar refractivity (Wildman–Crippen MR) is 66.5 cm³/mol. The molecule has 2 aromatic heterocycles. The van der Waals surface area contributed by atoms with Crippen LogP contribution in [-0.4, -0.2) is 22.0 Å². The first kappa shape index (κ1) is 11.7. The van der Waals surface area contributed by atoms with Crippen LogP contribution in [-0.2, 0) is 0 Å². The summed E-state index contributed by atoms with van der Waals surface area (Å²) in [6.07, 6.45) is 7.16. The molecule has 17 heavy (non-hydrogen) atoms. The van der Waals surface area contributed by atoms with E-state index in [1.165, 1.54) is 5.56 Å². The summed E-state index contributed by atoms with van der Waals surface area (Å²) in [5.41, 5.74) is 1.23. The summed E-state index contributed by atoms with van der Waals surface area (Å²) in [5, 5.41) is 3.27. The molecule has 0 amide bonds. The summed E-state index contributed by atoms with van der Waals surface area (Å²) in [6.45, 7) is 2.16. The fourth-order valence-electron chi connectivity index (χ4n) is 1.93. The van der Waals surface area contributed by atoms with E-state index in [9.17, 15) is 0 Å². The molecule has 0 spiro atoms. The smallest absolute Gasteiger partial charge is 0.145 e. The molecular formula is C13H16N4. The van der Waals surface area contributed by atoms with Gasteiger partial charge in [0.1, 0.15) is 5.82 Å². The SMILES string of the molecule is CNC(c1ncccn1)C(C)c1ccncc1. The Hall–Kier alpha value is -1.81. The molecule has 2 atom stereocenters. The van der Waals surface area contributed by atoms with Gasteiger partial charge in [-0.2, -0.15) is 0 Å². The van der Waals surface area contributed by atoms with Gasteiger partial charge in [0.05, 0.1) is 6.04 Å². The molecule has 88 valence electrons. The molecule has 2 aromatic rings. The topological polar surface area (TPSA) is 50.7 Å². The van der Waals surface area contributed by atoms with Crippen LogP contribution in [0, 0.1) is 0 Å². The van der Waals surface area contributed by atoms with E-state index in [1.54, 1.807) is 12.4 Å². The van der Waals surface area contributed by atoms with Crippen molar-refractivity contribution in [3.63, 3.8) is 0 Å². The van der Waals surface area contributed by atoms with E-state index in [1.807, 2.05) is 37.6 Å². The zero-order valence-corrected chi connectivity index (χ0v) is 10.0. The molecule has 2 unspecified atom stereocenters. The molecule has 0 aliphatic heterocycles. The Balaban J connectivity index is 2.25. The van der Waals surface area contributed by atoms with Gasteiger partial charge in [-0.15, -0.1) is 0 Å². The highest BCUT2D eigenvalue weighted by atomic mass is 15.0. The zero-order chi connectivity index (χ0) is 12.1. The first-order chi connectivity index (χ1) is 8.33. The highest BCUT2D eigenvalue weighted by Gasteiger charge is 2.21. The van der Waals surface area contributed by atoms with E-state index in [4.69, 9.17) is 0 Å². The van der Waals surface area contributed by atoms with Gasteiger partial charge < -0.3 is 5.32 Å². The van der Waals surface area contributed by atoms with E-state index >= 15 is 0 Å². The van der Waals surface area contributed by atoms with E-state index in [-0.39, 0.29) is 6.04 Å². The number of rotatable bonds is 4. The Bertz CT molecular complexity index is 443. The Morgan fingerprint density at radius 3 is 2.29 bits per heavy atom. The van der Waals surface area contributed by atoms with Gasteiger partial charge in [-0.05, 0) is 30.8 Å². The van der Waals surface area contributed by atoms with Crippen LogP contribution >= 0.6 is 0 Å². The summed E-state index contributed by atoms with van der Waals surface area (Å²) in [5.74, 6) is 1.12. The van der Waals surface area contributed by atoms with E-state index in [2.05, 4.69) is 27.2 Å². The van der Waals surface area contributed by atoms with Crippen LogP contribution in [0.25, 0.3) is 0 Å². The molecule has 0 saturated heterocycles. The molecule has 4 nitrogen and oxygen atoms in total. The van der Waals surface area contributed by atoms with Gasteiger partial charge in [0.25, 0.3) is 0 Å². The number of likely N-dealkylation sites (N-methyl/N-ethyl adjacent to an activating group) is 1. The molecule has 0 bridgehead atoms. The minimum atomic E-state index is 0.110. The lowest BCUT2D eigenvalue weighted by Crippen LogP contribution is -2.24. The summed E-state index contributed by atoms with van der Waals surface area (Å²) < 4.78 is 0. The maximum absolute atomic E-state index is 4.31. The fraction of sp³-hybridized carbons (Fsp3) is 0.308. The first-order valence-corrected chi connectivity index (χ1v) is 5.67. The van der Waals surface area contributed by atoms with E-state index < -0.39 is 0 Å². The van der Waals surface area contributed by atoms with E-state index in [0.717, 1.165) is 5.82 Å². The van der Waals surface area contributed by atoms with Crippen molar-refractivity contribution < 1.29 is 0 Å². The quantitative estimate of drug-likeness (QED) is 0.868. The minimum Gasteiger partial charge on any atom is -0.310 e. The Kier molecular flexibility index (Phi) is 3.77. The van der Waals surface area contributed by atoms with E-state index in [0.29, 0.717) is 5.92 Å². The molecule has 1 N–H and O–H groups in total. The average Bonchev–Trinajstić information content (AvgIpc) is 2.42. The van der Waals surface area contributed by atoms with Gasteiger partial charge in [0.15, 0.2) is 0 Å². The fourth-order valence-corrected chi connectivity index (χ4v) is 1.93. The lowest BCUT2D eigenvalue weighted by Gasteiger charge is -2.22. The second-order valence-electron chi connectivity index (χ2n) is 3.94. The van der Waals surface area contributed by atoms with Crippen molar-refractivity contribution >= 4 is 0 Å². The van der Waals surface area contributed by atoms with Crippen molar-refractivity contribution in [2.45, 2.75) is 18.9 Å². The molecule has 0 saturated carbocycles. The Morgan fingerprint density at radius 2 is 1.71 bits per heavy atom. The monoisotopic (exact) mass is 228 g/mol. The number of hydrogen-bond acceptors (Lipinski definition) is 4.